The van der Waals surface area contributed by atoms with E-state index in [4.69, 9.17) is 5.73 Å². The van der Waals surface area contributed by atoms with Gasteiger partial charge in [0.25, 0.3) is 0 Å². The highest BCUT2D eigenvalue weighted by molar-refractivity contribution is 5.88. The quantitative estimate of drug-likeness (QED) is 0.205. The van der Waals surface area contributed by atoms with Crippen molar-refractivity contribution in [2.45, 2.75) is 142 Å². The topological polar surface area (TPSA) is 57.5 Å². The van der Waals surface area contributed by atoms with E-state index in [2.05, 4.69) is 51.1 Å². The van der Waals surface area contributed by atoms with Crippen LogP contribution in [0.3, 0.4) is 0 Å². The second kappa shape index (κ2) is 18.9. The fraction of sp³-hybridized carbons (Fsp3) is 0.688. The van der Waals surface area contributed by atoms with Crippen molar-refractivity contribution in [1.29, 1.82) is 0 Å². The lowest BCUT2D eigenvalue weighted by atomic mass is 9.85. The van der Waals surface area contributed by atoms with Gasteiger partial charge in [-0.2, -0.15) is 0 Å². The summed E-state index contributed by atoms with van der Waals surface area (Å²) in [5, 5.41) is 2.76. The molecule has 1 unspecified atom stereocenters. The standard InChI is InChI=1S/C32H53N.H2O/c1-4-7-8-9-10-11-12-13-14-15-16-17-18-25-31(33)32-29(22-6-3)27(21-5-2)26-28-23-19-20-24-30(28)32;/h19-20,23-24,26,31H,4-18,21-22,25,33H2,1-3H3;1H2. The van der Waals surface area contributed by atoms with Crippen LogP contribution in [-0.4, -0.2) is 5.48 Å². The van der Waals surface area contributed by atoms with E-state index in [0.717, 1.165) is 12.8 Å². The van der Waals surface area contributed by atoms with Crippen molar-refractivity contribution >= 4 is 10.8 Å². The molecule has 0 saturated heterocycles. The second-order valence-electron chi connectivity index (χ2n) is 10.3. The molecule has 0 saturated carbocycles. The molecule has 0 bridgehead atoms. The first-order valence-electron chi connectivity index (χ1n) is 14.5. The van der Waals surface area contributed by atoms with Gasteiger partial charge in [0.1, 0.15) is 0 Å². The van der Waals surface area contributed by atoms with Gasteiger partial charge in [0.15, 0.2) is 0 Å². The van der Waals surface area contributed by atoms with Gasteiger partial charge in [0.2, 0.25) is 0 Å². The number of benzene rings is 2. The summed E-state index contributed by atoms with van der Waals surface area (Å²) in [6, 6.07) is 11.5. The van der Waals surface area contributed by atoms with Gasteiger partial charge < -0.3 is 11.2 Å². The summed E-state index contributed by atoms with van der Waals surface area (Å²) in [6.45, 7) is 6.88. The molecule has 0 amide bonds. The van der Waals surface area contributed by atoms with E-state index < -0.39 is 0 Å². The lowest BCUT2D eigenvalue weighted by molar-refractivity contribution is 0.522. The number of nitrogens with two attached hydrogens (primary N) is 1. The van der Waals surface area contributed by atoms with Gasteiger partial charge in [-0.1, -0.05) is 147 Å². The Hall–Kier alpha value is -1.38. The first kappa shape index (κ1) is 30.7. The average molecular weight is 470 g/mol. The average Bonchev–Trinajstić information content (AvgIpc) is 2.82. The Kier molecular flexibility index (Phi) is 17.0. The van der Waals surface area contributed by atoms with E-state index in [0.29, 0.717) is 0 Å². The van der Waals surface area contributed by atoms with Gasteiger partial charge in [0, 0.05) is 6.04 Å². The molecule has 0 heterocycles. The summed E-state index contributed by atoms with van der Waals surface area (Å²) in [6.07, 6.45) is 24.1. The van der Waals surface area contributed by atoms with Crippen LogP contribution in [0.1, 0.15) is 146 Å². The third-order valence-electron chi connectivity index (χ3n) is 7.30. The van der Waals surface area contributed by atoms with Crippen LogP contribution in [0.15, 0.2) is 30.3 Å². The maximum atomic E-state index is 6.90. The molecule has 0 aliphatic carbocycles. The molecular formula is C32H55NO. The smallest absolute Gasteiger partial charge is 0.0303 e. The molecule has 2 aromatic carbocycles. The van der Waals surface area contributed by atoms with Crippen molar-refractivity contribution in [3.05, 3.63) is 47.0 Å². The fourth-order valence-corrected chi connectivity index (χ4v) is 5.47. The summed E-state index contributed by atoms with van der Waals surface area (Å²) in [7, 11) is 0. The van der Waals surface area contributed by atoms with Crippen molar-refractivity contribution in [3.63, 3.8) is 0 Å². The van der Waals surface area contributed by atoms with Crippen molar-refractivity contribution in [1.82, 2.24) is 0 Å². The third-order valence-corrected chi connectivity index (χ3v) is 7.30. The highest BCUT2D eigenvalue weighted by Gasteiger charge is 2.18. The molecule has 2 aromatic rings. The molecular weight excluding hydrogens is 414 g/mol. The SMILES string of the molecule is CCCCCCCCCCCCCCCC(N)c1c(CCC)c(CCC)cc2ccccc12.O. The monoisotopic (exact) mass is 469 g/mol. The van der Waals surface area contributed by atoms with E-state index in [1.54, 1.807) is 5.56 Å². The number of hydrogen-bond acceptors (Lipinski definition) is 1. The van der Waals surface area contributed by atoms with E-state index >= 15 is 0 Å². The molecule has 2 rings (SSSR count). The van der Waals surface area contributed by atoms with Crippen LogP contribution in [-0.2, 0) is 12.8 Å². The Morgan fingerprint density at radius 3 is 1.74 bits per heavy atom. The minimum Gasteiger partial charge on any atom is -0.412 e. The van der Waals surface area contributed by atoms with Crippen LogP contribution in [0.25, 0.3) is 10.8 Å². The van der Waals surface area contributed by atoms with E-state index in [1.165, 1.54) is 125 Å². The van der Waals surface area contributed by atoms with Gasteiger partial charge in [0.05, 0.1) is 0 Å². The van der Waals surface area contributed by atoms with Crippen molar-refractivity contribution < 1.29 is 5.48 Å². The van der Waals surface area contributed by atoms with E-state index in [1.807, 2.05) is 0 Å². The molecule has 4 N–H and O–H groups in total. The van der Waals surface area contributed by atoms with Gasteiger partial charge >= 0.3 is 0 Å². The van der Waals surface area contributed by atoms with E-state index in [-0.39, 0.29) is 11.5 Å². The first-order chi connectivity index (χ1) is 16.2. The Labute approximate surface area is 211 Å². The Balaban J connectivity index is 0.00000578. The molecule has 1 atom stereocenters. The van der Waals surface area contributed by atoms with Crippen molar-refractivity contribution in [3.8, 4) is 0 Å². The van der Waals surface area contributed by atoms with Crippen LogP contribution in [0.4, 0.5) is 0 Å². The maximum absolute atomic E-state index is 6.90. The number of hydrogen-bond donors (Lipinski definition) is 1. The molecule has 0 spiro atoms. The van der Waals surface area contributed by atoms with Crippen molar-refractivity contribution in [2.24, 2.45) is 5.73 Å². The number of fused-ring (bicyclic) bond motifs is 1. The molecule has 0 aliphatic rings. The molecule has 0 aromatic heterocycles. The number of rotatable bonds is 19. The summed E-state index contributed by atoms with van der Waals surface area (Å²) in [4.78, 5) is 0. The molecule has 0 radical (unpaired) electrons. The normalized spacial score (nSPS) is 12.1. The third kappa shape index (κ3) is 10.5. The van der Waals surface area contributed by atoms with Gasteiger partial charge in [-0.25, -0.2) is 0 Å². The number of unbranched alkanes of at least 4 members (excludes halogenated alkanes) is 12. The predicted molar refractivity (Wildman–Crippen MR) is 153 cm³/mol. The zero-order valence-electron chi connectivity index (χ0n) is 22.8. The molecule has 194 valence electrons. The summed E-state index contributed by atoms with van der Waals surface area (Å²) in [5.74, 6) is 0. The molecule has 0 fully saturated rings. The largest absolute Gasteiger partial charge is 0.412 e. The zero-order valence-corrected chi connectivity index (χ0v) is 22.8. The molecule has 0 aliphatic heterocycles. The highest BCUT2D eigenvalue weighted by Crippen LogP contribution is 2.34. The maximum Gasteiger partial charge on any atom is 0.0303 e. The van der Waals surface area contributed by atoms with Crippen LogP contribution < -0.4 is 5.73 Å². The predicted octanol–water partition coefficient (Wildman–Crippen LogP) is 9.40. The van der Waals surface area contributed by atoms with Crippen LogP contribution >= 0.6 is 0 Å². The van der Waals surface area contributed by atoms with Gasteiger partial charge in [-0.3, -0.25) is 0 Å². The lowest BCUT2D eigenvalue weighted by Crippen LogP contribution is -2.15. The Morgan fingerprint density at radius 1 is 0.647 bits per heavy atom. The van der Waals surface area contributed by atoms with Gasteiger partial charge in [-0.15, -0.1) is 0 Å². The molecule has 2 heteroatoms. The van der Waals surface area contributed by atoms with Crippen molar-refractivity contribution in [2.75, 3.05) is 0 Å². The van der Waals surface area contributed by atoms with Crippen LogP contribution in [0.5, 0.6) is 0 Å². The molecule has 2 nitrogen and oxygen atoms in total. The summed E-state index contributed by atoms with van der Waals surface area (Å²) < 4.78 is 0. The van der Waals surface area contributed by atoms with Crippen LogP contribution in [0.2, 0.25) is 0 Å². The lowest BCUT2D eigenvalue weighted by Gasteiger charge is -2.22. The minimum atomic E-state index is 0. The highest BCUT2D eigenvalue weighted by atomic mass is 16.0. The minimum absolute atomic E-state index is 0. The summed E-state index contributed by atoms with van der Waals surface area (Å²) in [5.41, 5.74) is 11.4. The Morgan fingerprint density at radius 2 is 1.18 bits per heavy atom. The zero-order chi connectivity index (χ0) is 23.7. The summed E-state index contributed by atoms with van der Waals surface area (Å²) >= 11 is 0. The van der Waals surface area contributed by atoms with E-state index in [9.17, 15) is 0 Å². The van der Waals surface area contributed by atoms with Crippen LogP contribution in [0, 0.1) is 0 Å². The number of aryl methyl sites for hydroxylation is 1. The molecule has 34 heavy (non-hydrogen) atoms. The Bertz CT molecular complexity index is 769. The second-order valence-corrected chi connectivity index (χ2v) is 10.3. The fourth-order valence-electron chi connectivity index (χ4n) is 5.47. The van der Waals surface area contributed by atoms with Gasteiger partial charge in [-0.05, 0) is 46.7 Å². The first-order valence-corrected chi connectivity index (χ1v) is 14.5.